The van der Waals surface area contributed by atoms with Gasteiger partial charge in [0.1, 0.15) is 0 Å². The summed E-state index contributed by atoms with van der Waals surface area (Å²) >= 11 is 0. The molecule has 2 unspecified atom stereocenters. The number of hydrogen-bond donors (Lipinski definition) is 1. The molecular formula is C8H17N3O2. The van der Waals surface area contributed by atoms with E-state index >= 15 is 0 Å². The van der Waals surface area contributed by atoms with Gasteiger partial charge >= 0.3 is 0 Å². The molecule has 0 aromatic carbocycles. The summed E-state index contributed by atoms with van der Waals surface area (Å²) in [6.07, 6.45) is 0.636. The molecule has 0 bridgehead atoms. The maximum atomic E-state index is 10.9. The van der Waals surface area contributed by atoms with Crippen molar-refractivity contribution < 1.29 is 4.92 Å². The maximum Gasteiger partial charge on any atom is 0.233 e. The molecule has 1 aliphatic heterocycles. The third kappa shape index (κ3) is 2.38. The molecule has 0 saturated carbocycles. The van der Waals surface area contributed by atoms with Crippen molar-refractivity contribution in [3.8, 4) is 0 Å². The van der Waals surface area contributed by atoms with E-state index in [1.165, 1.54) is 0 Å². The predicted molar refractivity (Wildman–Crippen MR) is 49.8 cm³/mol. The molecule has 76 valence electrons. The lowest BCUT2D eigenvalue weighted by atomic mass is 9.91. The van der Waals surface area contributed by atoms with Crippen molar-refractivity contribution in [2.24, 2.45) is 5.92 Å². The van der Waals surface area contributed by atoms with Crippen molar-refractivity contribution in [3.05, 3.63) is 10.1 Å². The lowest BCUT2D eigenvalue weighted by Crippen LogP contribution is -2.46. The Hall–Kier alpha value is -0.680. The molecule has 5 heteroatoms. The highest BCUT2D eigenvalue weighted by Gasteiger charge is 2.41. The predicted octanol–water partition coefficient (Wildman–Crippen LogP) is 0.498. The minimum absolute atomic E-state index is 0.160. The van der Waals surface area contributed by atoms with Gasteiger partial charge in [-0.1, -0.05) is 6.92 Å². The first-order chi connectivity index (χ1) is 5.94. The van der Waals surface area contributed by atoms with Gasteiger partial charge in [0.15, 0.2) is 0 Å². The fourth-order valence-electron chi connectivity index (χ4n) is 1.90. The summed E-state index contributed by atoms with van der Waals surface area (Å²) in [5, 5.41) is 12.7. The highest BCUT2D eigenvalue weighted by atomic mass is 16.6. The first kappa shape index (κ1) is 10.4. The number of nitrogens with zero attached hydrogens (tertiary/aromatic N) is 2. The number of hydrazine groups is 1. The van der Waals surface area contributed by atoms with Gasteiger partial charge in [0, 0.05) is 31.9 Å². The molecule has 1 heterocycles. The van der Waals surface area contributed by atoms with E-state index in [0.29, 0.717) is 18.9 Å². The van der Waals surface area contributed by atoms with Crippen LogP contribution < -0.4 is 5.43 Å². The Balaban J connectivity index is 2.76. The van der Waals surface area contributed by atoms with E-state index in [0.717, 1.165) is 6.54 Å². The first-order valence-electron chi connectivity index (χ1n) is 4.53. The van der Waals surface area contributed by atoms with Gasteiger partial charge < -0.3 is 0 Å². The summed E-state index contributed by atoms with van der Waals surface area (Å²) in [6.45, 7) is 5.03. The van der Waals surface area contributed by atoms with Crippen LogP contribution in [0.1, 0.15) is 20.3 Å². The topological polar surface area (TPSA) is 58.4 Å². The molecule has 0 aliphatic carbocycles. The van der Waals surface area contributed by atoms with Gasteiger partial charge in [0.25, 0.3) is 0 Å². The Bertz CT molecular complexity index is 196. The van der Waals surface area contributed by atoms with Gasteiger partial charge in [0.2, 0.25) is 5.54 Å². The molecule has 0 radical (unpaired) electrons. The molecule has 1 saturated heterocycles. The Morgan fingerprint density at radius 1 is 1.69 bits per heavy atom. The van der Waals surface area contributed by atoms with E-state index in [-0.39, 0.29) is 4.92 Å². The summed E-state index contributed by atoms with van der Waals surface area (Å²) in [4.78, 5) is 10.7. The highest BCUT2D eigenvalue weighted by molar-refractivity contribution is 4.82. The quantitative estimate of drug-likeness (QED) is 0.479. The Morgan fingerprint density at radius 2 is 2.31 bits per heavy atom. The lowest BCUT2D eigenvalue weighted by Gasteiger charge is -2.23. The molecule has 5 nitrogen and oxygen atoms in total. The average Bonchev–Trinajstić information content (AvgIpc) is 2.11. The van der Waals surface area contributed by atoms with Crippen LogP contribution in [0.5, 0.6) is 0 Å². The van der Waals surface area contributed by atoms with Gasteiger partial charge in [-0.2, -0.15) is 0 Å². The largest absolute Gasteiger partial charge is 0.264 e. The van der Waals surface area contributed by atoms with E-state index in [4.69, 9.17) is 0 Å². The Labute approximate surface area is 78.2 Å². The minimum Gasteiger partial charge on any atom is -0.264 e. The third-order valence-electron chi connectivity index (χ3n) is 2.52. The Morgan fingerprint density at radius 3 is 2.85 bits per heavy atom. The number of rotatable bonds is 1. The molecule has 1 rings (SSSR count). The summed E-state index contributed by atoms with van der Waals surface area (Å²) in [7, 11) is 1.85. The second-order valence-corrected chi connectivity index (χ2v) is 4.28. The summed E-state index contributed by atoms with van der Waals surface area (Å²) < 4.78 is 0. The number of nitro groups is 1. The summed E-state index contributed by atoms with van der Waals surface area (Å²) in [5.41, 5.74) is 2.33. The molecule has 0 aromatic rings. The van der Waals surface area contributed by atoms with Gasteiger partial charge in [-0.3, -0.25) is 15.5 Å². The molecular weight excluding hydrogens is 170 g/mol. The molecule has 1 fully saturated rings. The van der Waals surface area contributed by atoms with Crippen LogP contribution in [0.3, 0.4) is 0 Å². The van der Waals surface area contributed by atoms with Crippen LogP contribution in [-0.4, -0.2) is 35.6 Å². The smallest absolute Gasteiger partial charge is 0.233 e. The summed E-state index contributed by atoms with van der Waals surface area (Å²) in [5.74, 6) is 0.348. The molecule has 0 amide bonds. The highest BCUT2D eigenvalue weighted by Crippen LogP contribution is 2.22. The van der Waals surface area contributed by atoms with Crippen LogP contribution in [0.4, 0.5) is 0 Å². The third-order valence-corrected chi connectivity index (χ3v) is 2.52. The fraction of sp³-hybridized carbons (Fsp3) is 1.00. The van der Waals surface area contributed by atoms with E-state index in [1.54, 1.807) is 6.92 Å². The van der Waals surface area contributed by atoms with E-state index in [2.05, 4.69) is 5.43 Å². The normalized spacial score (nSPS) is 37.0. The molecule has 1 aliphatic rings. The zero-order chi connectivity index (χ0) is 10.1. The maximum absolute atomic E-state index is 10.9. The number of hydrogen-bond acceptors (Lipinski definition) is 4. The van der Waals surface area contributed by atoms with Crippen LogP contribution in [-0.2, 0) is 0 Å². The molecule has 1 N–H and O–H groups in total. The van der Waals surface area contributed by atoms with E-state index < -0.39 is 5.54 Å². The van der Waals surface area contributed by atoms with Crippen LogP contribution >= 0.6 is 0 Å². The monoisotopic (exact) mass is 187 g/mol. The van der Waals surface area contributed by atoms with Gasteiger partial charge in [-0.25, -0.2) is 5.01 Å². The van der Waals surface area contributed by atoms with E-state index in [9.17, 15) is 10.1 Å². The van der Waals surface area contributed by atoms with Crippen LogP contribution in [0, 0.1) is 16.0 Å². The second kappa shape index (κ2) is 3.59. The van der Waals surface area contributed by atoms with Gasteiger partial charge in [-0.05, 0) is 5.92 Å². The average molecular weight is 187 g/mol. The molecule has 0 spiro atoms. The summed E-state index contributed by atoms with van der Waals surface area (Å²) in [6, 6.07) is 0. The number of nitrogens with one attached hydrogen (secondary N) is 1. The Kier molecular flexibility index (Phi) is 2.87. The molecule has 0 aromatic heterocycles. The van der Waals surface area contributed by atoms with Crippen molar-refractivity contribution in [1.82, 2.24) is 10.4 Å². The van der Waals surface area contributed by atoms with Crippen molar-refractivity contribution in [3.63, 3.8) is 0 Å². The van der Waals surface area contributed by atoms with E-state index in [1.807, 2.05) is 19.0 Å². The van der Waals surface area contributed by atoms with Crippen LogP contribution in [0.15, 0.2) is 0 Å². The van der Waals surface area contributed by atoms with Gasteiger partial charge in [0.05, 0.1) is 6.54 Å². The zero-order valence-corrected chi connectivity index (χ0v) is 8.41. The molecule has 13 heavy (non-hydrogen) atoms. The number of likely N-dealkylation sites (N-methyl/N-ethyl adjacent to an activating group) is 1. The standard InChI is InChI=1S/C8H17N3O2/c1-7-4-8(2,11(12)13)6-10(3)9-5-7/h7,9H,4-6H2,1-3H3. The fourth-order valence-corrected chi connectivity index (χ4v) is 1.90. The molecule has 2 atom stereocenters. The minimum atomic E-state index is -0.808. The van der Waals surface area contributed by atoms with Crippen LogP contribution in [0.25, 0.3) is 0 Å². The zero-order valence-electron chi connectivity index (χ0n) is 8.41. The first-order valence-corrected chi connectivity index (χ1v) is 4.53. The lowest BCUT2D eigenvalue weighted by molar-refractivity contribution is -0.567. The van der Waals surface area contributed by atoms with Crippen molar-refractivity contribution in [2.75, 3.05) is 20.1 Å². The second-order valence-electron chi connectivity index (χ2n) is 4.28. The SMILES string of the molecule is CC1CNN(C)CC(C)([N+](=O)[O-])C1. The van der Waals surface area contributed by atoms with Gasteiger partial charge in [-0.15, -0.1) is 0 Å². The van der Waals surface area contributed by atoms with Crippen molar-refractivity contribution in [1.29, 1.82) is 0 Å². The van der Waals surface area contributed by atoms with Crippen molar-refractivity contribution >= 4 is 0 Å². The van der Waals surface area contributed by atoms with Crippen LogP contribution in [0.2, 0.25) is 0 Å². The van der Waals surface area contributed by atoms with Crippen molar-refractivity contribution in [2.45, 2.75) is 25.8 Å².